The molecule has 0 aliphatic heterocycles. The summed E-state index contributed by atoms with van der Waals surface area (Å²) in [6.45, 7) is 4.92. The number of benzene rings is 2. The van der Waals surface area contributed by atoms with Gasteiger partial charge in [-0.05, 0) is 37.6 Å². The van der Waals surface area contributed by atoms with Crippen molar-refractivity contribution in [3.63, 3.8) is 0 Å². The highest BCUT2D eigenvalue weighted by Gasteiger charge is 2.06. The molecule has 0 atom stereocenters. The summed E-state index contributed by atoms with van der Waals surface area (Å²) in [5.41, 5.74) is 5.90. The fourth-order valence-electron chi connectivity index (χ4n) is 2.36. The maximum Gasteiger partial charge on any atom is 0.125 e. The molecule has 3 aromatic rings. The fourth-order valence-corrected chi connectivity index (χ4v) is 2.36. The lowest BCUT2D eigenvalue weighted by molar-refractivity contribution is 1.00. The molecule has 1 aromatic heterocycles. The van der Waals surface area contributed by atoms with Crippen LogP contribution in [0.3, 0.4) is 0 Å². The van der Waals surface area contributed by atoms with Crippen LogP contribution in [0.25, 0.3) is 11.3 Å². The first-order valence-electron chi connectivity index (χ1n) is 7.13. The Kier molecular flexibility index (Phi) is 3.73. The fraction of sp³-hybridized carbons (Fsp3) is 0.167. The predicted molar refractivity (Wildman–Crippen MR) is 87.3 cm³/mol. The van der Waals surface area contributed by atoms with Crippen LogP contribution in [0.5, 0.6) is 0 Å². The van der Waals surface area contributed by atoms with Gasteiger partial charge in [-0.15, -0.1) is 0 Å². The van der Waals surface area contributed by atoms with Crippen LogP contribution in [0, 0.1) is 13.8 Å². The van der Waals surface area contributed by atoms with E-state index in [4.69, 9.17) is 0 Å². The molecule has 0 saturated heterocycles. The number of para-hydroxylation sites is 1. The molecule has 21 heavy (non-hydrogen) atoms. The number of nitrogens with zero attached hydrogens (tertiary/aromatic N) is 1. The van der Waals surface area contributed by atoms with E-state index in [1.807, 2.05) is 24.4 Å². The number of aromatic amines is 1. The van der Waals surface area contributed by atoms with E-state index in [1.54, 1.807) is 0 Å². The zero-order chi connectivity index (χ0) is 14.7. The molecule has 0 aliphatic rings. The van der Waals surface area contributed by atoms with Crippen LogP contribution in [0.1, 0.15) is 17.0 Å². The number of anilines is 1. The molecule has 0 aliphatic carbocycles. The zero-order valence-corrected chi connectivity index (χ0v) is 12.4. The SMILES string of the molecule is Cc1ccc(C)c(-c2cnc(CNc3ccccc3)[nH]2)c1. The molecule has 0 spiro atoms. The van der Waals surface area contributed by atoms with Crippen LogP contribution in [-0.4, -0.2) is 9.97 Å². The van der Waals surface area contributed by atoms with Gasteiger partial charge in [-0.25, -0.2) is 4.98 Å². The van der Waals surface area contributed by atoms with Gasteiger partial charge in [0.25, 0.3) is 0 Å². The summed E-state index contributed by atoms with van der Waals surface area (Å²) in [6.07, 6.45) is 1.91. The summed E-state index contributed by atoms with van der Waals surface area (Å²) < 4.78 is 0. The molecule has 0 amide bonds. The van der Waals surface area contributed by atoms with Crippen molar-refractivity contribution in [1.82, 2.24) is 9.97 Å². The third-order valence-electron chi connectivity index (χ3n) is 3.55. The monoisotopic (exact) mass is 277 g/mol. The van der Waals surface area contributed by atoms with E-state index in [1.165, 1.54) is 16.7 Å². The number of aryl methyl sites for hydroxylation is 2. The molecule has 2 aromatic carbocycles. The molecule has 0 bridgehead atoms. The van der Waals surface area contributed by atoms with Gasteiger partial charge >= 0.3 is 0 Å². The Balaban J connectivity index is 1.76. The van der Waals surface area contributed by atoms with Gasteiger partial charge < -0.3 is 10.3 Å². The molecule has 3 rings (SSSR count). The van der Waals surface area contributed by atoms with Crippen molar-refractivity contribution in [2.24, 2.45) is 0 Å². The first kappa shape index (κ1) is 13.4. The molecule has 0 radical (unpaired) electrons. The molecule has 1 heterocycles. The van der Waals surface area contributed by atoms with Gasteiger partial charge in [-0.3, -0.25) is 0 Å². The number of imidazole rings is 1. The Hall–Kier alpha value is -2.55. The number of H-pyrrole nitrogens is 1. The smallest absolute Gasteiger partial charge is 0.125 e. The van der Waals surface area contributed by atoms with E-state index in [-0.39, 0.29) is 0 Å². The number of aromatic nitrogens is 2. The molecule has 106 valence electrons. The van der Waals surface area contributed by atoms with E-state index < -0.39 is 0 Å². The molecular formula is C18H19N3. The summed E-state index contributed by atoms with van der Waals surface area (Å²) in [7, 11) is 0. The van der Waals surface area contributed by atoms with Gasteiger partial charge in [0, 0.05) is 11.3 Å². The van der Waals surface area contributed by atoms with Gasteiger partial charge in [0.05, 0.1) is 18.4 Å². The zero-order valence-electron chi connectivity index (χ0n) is 12.4. The van der Waals surface area contributed by atoms with Gasteiger partial charge in [-0.2, -0.15) is 0 Å². The Morgan fingerprint density at radius 1 is 1.05 bits per heavy atom. The summed E-state index contributed by atoms with van der Waals surface area (Å²) in [5.74, 6) is 0.940. The van der Waals surface area contributed by atoms with Crippen LogP contribution in [0.4, 0.5) is 5.69 Å². The van der Waals surface area contributed by atoms with Gasteiger partial charge in [0.15, 0.2) is 0 Å². The third kappa shape index (κ3) is 3.14. The second-order valence-electron chi connectivity index (χ2n) is 5.28. The minimum Gasteiger partial charge on any atom is -0.378 e. The molecular weight excluding hydrogens is 258 g/mol. The second-order valence-corrected chi connectivity index (χ2v) is 5.28. The van der Waals surface area contributed by atoms with Crippen LogP contribution < -0.4 is 5.32 Å². The average Bonchev–Trinajstić information content (AvgIpc) is 2.97. The van der Waals surface area contributed by atoms with Gasteiger partial charge in [0.2, 0.25) is 0 Å². The van der Waals surface area contributed by atoms with E-state index >= 15 is 0 Å². The molecule has 0 saturated carbocycles. The quantitative estimate of drug-likeness (QED) is 0.746. The number of rotatable bonds is 4. The molecule has 3 heteroatoms. The normalized spacial score (nSPS) is 10.6. The maximum absolute atomic E-state index is 4.46. The molecule has 2 N–H and O–H groups in total. The second kappa shape index (κ2) is 5.83. The first-order valence-corrected chi connectivity index (χ1v) is 7.13. The summed E-state index contributed by atoms with van der Waals surface area (Å²) in [4.78, 5) is 7.85. The lowest BCUT2D eigenvalue weighted by Crippen LogP contribution is -2.00. The standard InChI is InChI=1S/C18H19N3/c1-13-8-9-14(2)16(10-13)17-11-20-18(21-17)12-19-15-6-4-3-5-7-15/h3-11,19H,12H2,1-2H3,(H,20,21). The summed E-state index contributed by atoms with van der Waals surface area (Å²) in [6, 6.07) is 16.6. The van der Waals surface area contributed by atoms with Crippen molar-refractivity contribution >= 4 is 5.69 Å². The first-order chi connectivity index (χ1) is 10.2. The van der Waals surface area contributed by atoms with E-state index in [9.17, 15) is 0 Å². The van der Waals surface area contributed by atoms with E-state index in [2.05, 4.69) is 59.5 Å². The minimum absolute atomic E-state index is 0.689. The number of hydrogen-bond donors (Lipinski definition) is 2. The maximum atomic E-state index is 4.46. The predicted octanol–water partition coefficient (Wildman–Crippen LogP) is 4.31. The van der Waals surface area contributed by atoms with Gasteiger partial charge in [0.1, 0.15) is 5.82 Å². The highest BCUT2D eigenvalue weighted by molar-refractivity contribution is 5.64. The Morgan fingerprint density at radius 3 is 2.67 bits per heavy atom. The van der Waals surface area contributed by atoms with Crippen LogP contribution >= 0.6 is 0 Å². The largest absolute Gasteiger partial charge is 0.378 e. The highest BCUT2D eigenvalue weighted by Crippen LogP contribution is 2.23. The van der Waals surface area contributed by atoms with Crippen molar-refractivity contribution in [3.8, 4) is 11.3 Å². The van der Waals surface area contributed by atoms with Crippen molar-refractivity contribution in [1.29, 1.82) is 0 Å². The van der Waals surface area contributed by atoms with Crippen LogP contribution in [0.2, 0.25) is 0 Å². The average molecular weight is 277 g/mol. The van der Waals surface area contributed by atoms with E-state index in [0.29, 0.717) is 6.54 Å². The van der Waals surface area contributed by atoms with Gasteiger partial charge in [-0.1, -0.05) is 35.9 Å². The highest BCUT2D eigenvalue weighted by atomic mass is 15.0. The summed E-state index contributed by atoms with van der Waals surface area (Å²) >= 11 is 0. The molecule has 0 unspecified atom stereocenters. The Bertz CT molecular complexity index is 729. The van der Waals surface area contributed by atoms with E-state index in [0.717, 1.165) is 17.2 Å². The van der Waals surface area contributed by atoms with Crippen molar-refractivity contribution in [2.45, 2.75) is 20.4 Å². The summed E-state index contributed by atoms with van der Waals surface area (Å²) in [5, 5.41) is 3.36. The van der Waals surface area contributed by atoms with Crippen molar-refractivity contribution in [2.75, 3.05) is 5.32 Å². The van der Waals surface area contributed by atoms with Crippen LogP contribution in [0.15, 0.2) is 54.7 Å². The molecule has 0 fully saturated rings. The molecule has 3 nitrogen and oxygen atoms in total. The Labute approximate surface area is 125 Å². The number of nitrogens with one attached hydrogen (secondary N) is 2. The van der Waals surface area contributed by atoms with Crippen molar-refractivity contribution < 1.29 is 0 Å². The topological polar surface area (TPSA) is 40.7 Å². The Morgan fingerprint density at radius 2 is 1.86 bits per heavy atom. The lowest BCUT2D eigenvalue weighted by atomic mass is 10.0. The number of hydrogen-bond acceptors (Lipinski definition) is 2. The van der Waals surface area contributed by atoms with Crippen LogP contribution in [-0.2, 0) is 6.54 Å². The lowest BCUT2D eigenvalue weighted by Gasteiger charge is -2.05. The minimum atomic E-state index is 0.689. The third-order valence-corrected chi connectivity index (χ3v) is 3.55. The van der Waals surface area contributed by atoms with Crippen molar-refractivity contribution in [3.05, 3.63) is 71.7 Å².